The van der Waals surface area contributed by atoms with Crippen LogP contribution in [-0.4, -0.2) is 22.5 Å². The summed E-state index contributed by atoms with van der Waals surface area (Å²) < 4.78 is -0.0283. The topological polar surface area (TPSA) is 20.2 Å². The van der Waals surface area contributed by atoms with Crippen LogP contribution in [0, 0.1) is 16.7 Å². The Labute approximate surface area is 169 Å². The standard InChI is InChI=1S/C21H28Br2OSi/c1-19-11-15(24)10-17(19)20(13-21(20,22)23)18(14-8-6-5-7-9-14)16(12-19)25(2,3)4/h5-9,15,17,24H,10-13H2,1-4H3/t15-,17-,19+,20?/m1/s1. The molecule has 1 aromatic carbocycles. The van der Waals surface area contributed by atoms with Crippen LogP contribution in [0.4, 0.5) is 0 Å². The van der Waals surface area contributed by atoms with Crippen molar-refractivity contribution in [3.8, 4) is 0 Å². The zero-order valence-corrected chi connectivity index (χ0v) is 19.7. The minimum Gasteiger partial charge on any atom is -0.393 e. The van der Waals surface area contributed by atoms with Crippen molar-refractivity contribution in [2.24, 2.45) is 16.7 Å². The van der Waals surface area contributed by atoms with E-state index < -0.39 is 8.07 Å². The van der Waals surface area contributed by atoms with E-state index in [-0.39, 0.29) is 20.2 Å². The van der Waals surface area contributed by atoms with Crippen molar-refractivity contribution in [3.05, 3.63) is 41.1 Å². The molecule has 0 aromatic heterocycles. The van der Waals surface area contributed by atoms with Crippen LogP contribution in [0.1, 0.15) is 38.2 Å². The number of allylic oxidation sites excluding steroid dienone is 2. The summed E-state index contributed by atoms with van der Waals surface area (Å²) in [7, 11) is -1.49. The summed E-state index contributed by atoms with van der Waals surface area (Å²) >= 11 is 8.07. The van der Waals surface area contributed by atoms with Gasteiger partial charge in [-0.1, -0.05) is 94.0 Å². The first-order chi connectivity index (χ1) is 11.5. The first-order valence-electron chi connectivity index (χ1n) is 9.37. The lowest BCUT2D eigenvalue weighted by Gasteiger charge is -2.49. The Hall–Kier alpha value is 0.0969. The van der Waals surface area contributed by atoms with Crippen molar-refractivity contribution in [2.75, 3.05) is 0 Å². The molecule has 4 rings (SSSR count). The van der Waals surface area contributed by atoms with Gasteiger partial charge in [0.1, 0.15) is 0 Å². The second-order valence-electron chi connectivity index (χ2n) is 9.80. The first-order valence-corrected chi connectivity index (χ1v) is 14.5. The molecule has 0 radical (unpaired) electrons. The lowest BCUT2D eigenvalue weighted by molar-refractivity contribution is 0.153. The molecule has 4 heteroatoms. The SMILES string of the molecule is C[C@]12CC([Si](C)(C)C)=C(c3ccccc3)C3(CC3(Br)Br)[C@@H]1C[C@@H](O)C2. The number of hydrogen-bond donors (Lipinski definition) is 1. The number of aliphatic hydroxyl groups excluding tert-OH is 1. The molecule has 3 aliphatic rings. The molecule has 0 heterocycles. The third kappa shape index (κ3) is 2.61. The van der Waals surface area contributed by atoms with Gasteiger partial charge in [0.2, 0.25) is 0 Å². The highest BCUT2D eigenvalue weighted by molar-refractivity contribution is 9.25. The quantitative estimate of drug-likeness (QED) is 0.382. The molecule has 0 saturated heterocycles. The third-order valence-corrected chi connectivity index (χ3v) is 11.2. The van der Waals surface area contributed by atoms with Gasteiger partial charge in [0, 0.05) is 5.41 Å². The van der Waals surface area contributed by atoms with E-state index >= 15 is 0 Å². The van der Waals surface area contributed by atoms with Crippen LogP contribution in [0.25, 0.3) is 5.57 Å². The van der Waals surface area contributed by atoms with E-state index in [1.165, 1.54) is 5.56 Å². The molecule has 0 bridgehead atoms. The minimum absolute atomic E-state index is 0.0283. The van der Waals surface area contributed by atoms with E-state index in [1.54, 1.807) is 10.8 Å². The molecule has 1 aromatic rings. The Bertz CT molecular complexity index is 736. The summed E-state index contributed by atoms with van der Waals surface area (Å²) in [6.07, 6.45) is 4.01. The minimum atomic E-state index is -1.49. The maximum Gasteiger partial charge on any atom is 0.0914 e. The zero-order valence-electron chi connectivity index (χ0n) is 15.6. The maximum atomic E-state index is 10.6. The van der Waals surface area contributed by atoms with E-state index in [0.717, 1.165) is 25.7 Å². The normalized spacial score (nSPS) is 39.6. The number of rotatable bonds is 2. The van der Waals surface area contributed by atoms with Gasteiger partial charge in [0.25, 0.3) is 0 Å². The number of fused-ring (bicyclic) bond motifs is 2. The van der Waals surface area contributed by atoms with Crippen molar-refractivity contribution in [1.29, 1.82) is 0 Å². The molecule has 1 spiro atoms. The summed E-state index contributed by atoms with van der Waals surface area (Å²) in [6.45, 7) is 9.90. The molecule has 2 fully saturated rings. The lowest BCUT2D eigenvalue weighted by atomic mass is 9.61. The van der Waals surface area contributed by atoms with Gasteiger partial charge in [0.15, 0.2) is 0 Å². The van der Waals surface area contributed by atoms with Gasteiger partial charge in [0.05, 0.1) is 17.4 Å². The Kier molecular flexibility index (Phi) is 4.10. The fourth-order valence-electron chi connectivity index (χ4n) is 5.88. The number of alkyl halides is 2. The van der Waals surface area contributed by atoms with Crippen molar-refractivity contribution in [3.63, 3.8) is 0 Å². The van der Waals surface area contributed by atoms with Crippen LogP contribution in [0.15, 0.2) is 35.5 Å². The Morgan fingerprint density at radius 3 is 2.24 bits per heavy atom. The van der Waals surface area contributed by atoms with Gasteiger partial charge in [-0.15, -0.1) is 0 Å². The van der Waals surface area contributed by atoms with Gasteiger partial charge in [-0.25, -0.2) is 0 Å². The maximum absolute atomic E-state index is 10.6. The van der Waals surface area contributed by atoms with Crippen LogP contribution in [-0.2, 0) is 0 Å². The van der Waals surface area contributed by atoms with Crippen LogP contribution < -0.4 is 0 Å². The highest BCUT2D eigenvalue weighted by Crippen LogP contribution is 2.82. The number of aliphatic hydroxyl groups is 1. The Balaban J connectivity index is 2.00. The van der Waals surface area contributed by atoms with Gasteiger partial charge < -0.3 is 5.11 Å². The second-order valence-corrected chi connectivity index (χ2v) is 18.7. The fraction of sp³-hybridized carbons (Fsp3) is 0.619. The van der Waals surface area contributed by atoms with Crippen molar-refractivity contribution >= 4 is 45.5 Å². The van der Waals surface area contributed by atoms with Crippen molar-refractivity contribution in [1.82, 2.24) is 0 Å². The molecular formula is C21H28Br2OSi. The average Bonchev–Trinajstić information content (AvgIpc) is 2.89. The predicted molar refractivity (Wildman–Crippen MR) is 116 cm³/mol. The summed E-state index contributed by atoms with van der Waals surface area (Å²) in [5.41, 5.74) is 3.31. The monoisotopic (exact) mass is 482 g/mol. The van der Waals surface area contributed by atoms with Gasteiger partial charge in [-0.2, -0.15) is 0 Å². The van der Waals surface area contributed by atoms with Crippen molar-refractivity contribution < 1.29 is 5.11 Å². The van der Waals surface area contributed by atoms with E-state index in [9.17, 15) is 5.11 Å². The largest absolute Gasteiger partial charge is 0.393 e. The summed E-state index contributed by atoms with van der Waals surface area (Å²) in [5, 5.41) is 12.3. The van der Waals surface area contributed by atoms with E-state index in [4.69, 9.17) is 0 Å². The van der Waals surface area contributed by atoms with Crippen LogP contribution in [0.3, 0.4) is 0 Å². The fourth-order valence-corrected chi connectivity index (χ4v) is 9.76. The molecule has 0 amide bonds. The first kappa shape index (κ1) is 18.5. The summed E-state index contributed by atoms with van der Waals surface area (Å²) in [6, 6.07) is 11.0. The molecule has 3 aliphatic carbocycles. The van der Waals surface area contributed by atoms with Crippen LogP contribution in [0.5, 0.6) is 0 Å². The lowest BCUT2D eigenvalue weighted by Crippen LogP contribution is -2.43. The van der Waals surface area contributed by atoms with Gasteiger partial charge in [-0.3, -0.25) is 0 Å². The molecule has 25 heavy (non-hydrogen) atoms. The molecule has 1 N–H and O–H groups in total. The molecule has 136 valence electrons. The highest BCUT2D eigenvalue weighted by Gasteiger charge is 2.76. The van der Waals surface area contributed by atoms with E-state index in [1.807, 2.05) is 0 Å². The Morgan fingerprint density at radius 2 is 1.72 bits per heavy atom. The van der Waals surface area contributed by atoms with E-state index in [0.29, 0.717) is 5.92 Å². The molecule has 2 saturated carbocycles. The summed E-state index contributed by atoms with van der Waals surface area (Å²) in [5.74, 6) is 0.532. The van der Waals surface area contributed by atoms with Crippen molar-refractivity contribution in [2.45, 2.75) is 61.6 Å². The summed E-state index contributed by atoms with van der Waals surface area (Å²) in [4.78, 5) is 0. The predicted octanol–water partition coefficient (Wildman–Crippen LogP) is 6.37. The number of hydrogen-bond acceptors (Lipinski definition) is 1. The van der Waals surface area contributed by atoms with Gasteiger partial charge in [-0.05, 0) is 48.2 Å². The highest BCUT2D eigenvalue weighted by atomic mass is 79.9. The van der Waals surface area contributed by atoms with E-state index in [2.05, 4.69) is 88.8 Å². The Morgan fingerprint density at radius 1 is 1.12 bits per heavy atom. The zero-order chi connectivity index (χ0) is 18.3. The molecule has 0 aliphatic heterocycles. The third-order valence-electron chi connectivity index (χ3n) is 6.97. The molecular weight excluding hydrogens is 456 g/mol. The number of benzene rings is 1. The van der Waals surface area contributed by atoms with Crippen LogP contribution in [0.2, 0.25) is 19.6 Å². The number of halogens is 2. The smallest absolute Gasteiger partial charge is 0.0914 e. The molecule has 4 atom stereocenters. The molecule has 1 nitrogen and oxygen atoms in total. The second kappa shape index (κ2) is 5.56. The molecule has 1 unspecified atom stereocenters. The van der Waals surface area contributed by atoms with Crippen LogP contribution >= 0.6 is 31.9 Å². The average molecular weight is 484 g/mol. The van der Waals surface area contributed by atoms with Gasteiger partial charge >= 0.3 is 0 Å².